The van der Waals surface area contributed by atoms with E-state index in [1.54, 1.807) is 6.08 Å². The molecule has 0 aromatic carbocycles. The molecule has 0 atom stereocenters. The number of carbonyl (C=O) groups excluding carboxylic acids is 1. The lowest BCUT2D eigenvalue weighted by Gasteiger charge is -1.75. The van der Waals surface area contributed by atoms with Crippen LogP contribution in [0.5, 0.6) is 0 Å². The molecule has 1 aromatic rings. The molecule has 1 rings (SSSR count). The van der Waals surface area contributed by atoms with Crippen LogP contribution in [0, 0.1) is 0 Å². The molecule has 0 aliphatic rings. The number of allylic oxidation sites excluding steroid dienone is 1. The third kappa shape index (κ3) is 1.97. The van der Waals surface area contributed by atoms with Crippen LogP contribution in [-0.2, 0) is 4.79 Å². The Bertz CT molecular complexity index is 252. The quantitative estimate of drug-likeness (QED) is 0.495. The van der Waals surface area contributed by atoms with Gasteiger partial charge in [0, 0.05) is 10.3 Å². The first-order valence-electron chi connectivity index (χ1n) is 2.69. The van der Waals surface area contributed by atoms with Crippen molar-refractivity contribution in [3.05, 3.63) is 27.4 Å². The lowest BCUT2D eigenvalue weighted by atomic mass is 10.4. The van der Waals surface area contributed by atoms with Crippen LogP contribution in [0.25, 0.3) is 6.08 Å². The highest BCUT2D eigenvalue weighted by molar-refractivity contribution is 7.11. The molecule has 1 heterocycles. The number of rotatable bonds is 2. The van der Waals surface area contributed by atoms with Crippen LogP contribution >= 0.6 is 22.9 Å². The Labute approximate surface area is 67.9 Å². The van der Waals surface area contributed by atoms with Crippen LogP contribution in [0.3, 0.4) is 0 Å². The highest BCUT2D eigenvalue weighted by atomic mass is 35.5. The average molecular weight is 173 g/mol. The van der Waals surface area contributed by atoms with Crippen molar-refractivity contribution < 1.29 is 4.79 Å². The summed E-state index contributed by atoms with van der Waals surface area (Å²) in [5.41, 5.74) is 0. The van der Waals surface area contributed by atoms with Gasteiger partial charge in [-0.1, -0.05) is 11.6 Å². The van der Waals surface area contributed by atoms with E-state index in [1.807, 2.05) is 11.4 Å². The number of hydrogen-bond acceptors (Lipinski definition) is 2. The van der Waals surface area contributed by atoms with Crippen molar-refractivity contribution in [2.75, 3.05) is 0 Å². The third-order valence-corrected chi connectivity index (χ3v) is 2.17. The van der Waals surface area contributed by atoms with E-state index in [1.165, 1.54) is 17.4 Å². The van der Waals surface area contributed by atoms with Crippen molar-refractivity contribution in [1.82, 2.24) is 0 Å². The van der Waals surface area contributed by atoms with Crippen LogP contribution in [-0.4, -0.2) is 6.29 Å². The molecule has 3 heteroatoms. The first-order chi connectivity index (χ1) is 4.83. The molecule has 0 saturated carbocycles. The first kappa shape index (κ1) is 7.51. The maximum Gasteiger partial charge on any atom is 0.142 e. The Kier molecular flexibility index (Phi) is 2.66. The summed E-state index contributed by atoms with van der Waals surface area (Å²) in [5.74, 6) is 0. The zero-order valence-electron chi connectivity index (χ0n) is 5.08. The van der Waals surface area contributed by atoms with Crippen LogP contribution in [0.4, 0.5) is 0 Å². The number of aldehydes is 1. The summed E-state index contributed by atoms with van der Waals surface area (Å²) in [4.78, 5) is 10.9. The van der Waals surface area contributed by atoms with Gasteiger partial charge < -0.3 is 0 Å². The van der Waals surface area contributed by atoms with Crippen LogP contribution in [0.15, 0.2) is 17.5 Å². The number of halogens is 1. The van der Waals surface area contributed by atoms with Gasteiger partial charge in [0.25, 0.3) is 0 Å². The van der Waals surface area contributed by atoms with E-state index in [-0.39, 0.29) is 0 Å². The van der Waals surface area contributed by atoms with Crippen molar-refractivity contribution in [2.45, 2.75) is 0 Å². The predicted octanol–water partition coefficient (Wildman–Crippen LogP) is 2.61. The van der Waals surface area contributed by atoms with Gasteiger partial charge in [0.15, 0.2) is 0 Å². The van der Waals surface area contributed by atoms with Gasteiger partial charge >= 0.3 is 0 Å². The summed E-state index contributed by atoms with van der Waals surface area (Å²) in [5, 5.41) is 2.54. The normalized spacial score (nSPS) is 10.5. The molecule has 0 saturated heterocycles. The number of carbonyl (C=O) groups is 1. The predicted molar refractivity (Wildman–Crippen MR) is 44.4 cm³/mol. The molecular formula is C7H5ClOS. The monoisotopic (exact) mass is 172 g/mol. The zero-order chi connectivity index (χ0) is 7.40. The van der Waals surface area contributed by atoms with Crippen molar-refractivity contribution in [1.29, 1.82) is 0 Å². The topological polar surface area (TPSA) is 17.1 Å². The van der Waals surface area contributed by atoms with Gasteiger partial charge in [-0.05, 0) is 18.2 Å². The van der Waals surface area contributed by atoms with Crippen LogP contribution in [0.1, 0.15) is 4.88 Å². The molecule has 0 radical (unpaired) electrons. The summed E-state index contributed by atoms with van der Waals surface area (Å²) in [7, 11) is 0. The fraction of sp³-hybridized carbons (Fsp3) is 0. The molecule has 52 valence electrons. The molecule has 0 bridgehead atoms. The summed E-state index contributed by atoms with van der Waals surface area (Å²) in [6.45, 7) is 0. The third-order valence-electron chi connectivity index (χ3n) is 0.927. The molecular weight excluding hydrogens is 168 g/mol. The molecule has 0 aliphatic carbocycles. The highest BCUT2D eigenvalue weighted by Crippen LogP contribution is 2.19. The van der Waals surface area contributed by atoms with Crippen molar-refractivity contribution in [2.24, 2.45) is 0 Å². The molecule has 0 aliphatic heterocycles. The van der Waals surface area contributed by atoms with E-state index in [0.29, 0.717) is 0 Å². The van der Waals surface area contributed by atoms with Gasteiger partial charge in [-0.15, -0.1) is 11.3 Å². The number of thiophene rings is 1. The van der Waals surface area contributed by atoms with E-state index >= 15 is 0 Å². The van der Waals surface area contributed by atoms with E-state index in [4.69, 9.17) is 11.6 Å². The van der Waals surface area contributed by atoms with Gasteiger partial charge in [-0.3, -0.25) is 4.79 Å². The lowest BCUT2D eigenvalue weighted by Crippen LogP contribution is -1.58. The smallest absolute Gasteiger partial charge is 0.142 e. The highest BCUT2D eigenvalue weighted by Gasteiger charge is 1.90. The molecule has 0 N–H and O–H groups in total. The number of hydrogen-bond donors (Lipinski definition) is 0. The van der Waals surface area contributed by atoms with Crippen molar-refractivity contribution >= 4 is 35.3 Å². The van der Waals surface area contributed by atoms with Gasteiger partial charge in [0.2, 0.25) is 0 Å². The zero-order valence-corrected chi connectivity index (χ0v) is 6.65. The standard InChI is InChI=1S/C7H5ClOS/c8-6-4-7(10-5-6)2-1-3-9/h1-5H. The van der Waals surface area contributed by atoms with Crippen molar-refractivity contribution in [3.8, 4) is 0 Å². The van der Waals surface area contributed by atoms with E-state index in [9.17, 15) is 4.79 Å². The maximum atomic E-state index is 9.87. The largest absolute Gasteiger partial charge is 0.299 e. The van der Waals surface area contributed by atoms with Gasteiger partial charge in [-0.25, -0.2) is 0 Å². The minimum atomic E-state index is 0.718. The molecule has 10 heavy (non-hydrogen) atoms. The SMILES string of the molecule is O=CC=Cc1cc(Cl)cs1. The van der Waals surface area contributed by atoms with Gasteiger partial charge in [0.05, 0.1) is 5.02 Å². The summed E-state index contributed by atoms with van der Waals surface area (Å²) >= 11 is 7.14. The molecule has 0 amide bonds. The molecule has 1 nitrogen and oxygen atoms in total. The lowest BCUT2D eigenvalue weighted by molar-refractivity contribution is -0.104. The van der Waals surface area contributed by atoms with Gasteiger partial charge in [-0.2, -0.15) is 0 Å². The van der Waals surface area contributed by atoms with Crippen LogP contribution < -0.4 is 0 Å². The Hall–Kier alpha value is -0.600. The Morgan fingerprint density at radius 3 is 2.90 bits per heavy atom. The van der Waals surface area contributed by atoms with Crippen LogP contribution in [0.2, 0.25) is 5.02 Å². The molecule has 0 spiro atoms. The van der Waals surface area contributed by atoms with Crippen molar-refractivity contribution in [3.63, 3.8) is 0 Å². The minimum Gasteiger partial charge on any atom is -0.299 e. The average Bonchev–Trinajstić information content (AvgIpc) is 2.31. The first-order valence-corrected chi connectivity index (χ1v) is 3.94. The molecule has 1 aromatic heterocycles. The van der Waals surface area contributed by atoms with Gasteiger partial charge in [0.1, 0.15) is 6.29 Å². The second-order valence-electron chi connectivity index (χ2n) is 1.66. The Morgan fingerprint density at radius 2 is 2.40 bits per heavy atom. The summed E-state index contributed by atoms with van der Waals surface area (Å²) in [6, 6.07) is 1.81. The maximum absolute atomic E-state index is 9.87. The Morgan fingerprint density at radius 1 is 1.60 bits per heavy atom. The second kappa shape index (κ2) is 3.54. The minimum absolute atomic E-state index is 0.718. The molecule has 0 unspecified atom stereocenters. The fourth-order valence-corrected chi connectivity index (χ4v) is 1.53. The summed E-state index contributed by atoms with van der Waals surface area (Å²) in [6.07, 6.45) is 3.92. The van der Waals surface area contributed by atoms with E-state index in [2.05, 4.69) is 0 Å². The summed E-state index contributed by atoms with van der Waals surface area (Å²) < 4.78 is 0. The van der Waals surface area contributed by atoms with E-state index in [0.717, 1.165) is 16.2 Å². The fourth-order valence-electron chi connectivity index (χ4n) is 0.550. The van der Waals surface area contributed by atoms with E-state index < -0.39 is 0 Å². The Balaban J connectivity index is 2.75. The second-order valence-corrected chi connectivity index (χ2v) is 3.04. The molecule has 0 fully saturated rings.